The zero-order valence-corrected chi connectivity index (χ0v) is 11.2. The molecule has 1 aromatic carbocycles. The predicted octanol–water partition coefficient (Wildman–Crippen LogP) is 3.48. The molecule has 2 nitrogen and oxygen atoms in total. The molecule has 0 atom stereocenters. The number of hydrogen-bond donors (Lipinski definition) is 1. The van der Waals surface area contributed by atoms with Crippen molar-refractivity contribution in [1.82, 2.24) is 0 Å². The number of nitrogens with zero attached hydrogens (tertiary/aromatic N) is 1. The maximum Gasteiger partial charge on any atom is 0.0600 e. The van der Waals surface area contributed by atoms with Crippen LogP contribution in [0.4, 0.5) is 11.4 Å². The van der Waals surface area contributed by atoms with Crippen LogP contribution in [0.5, 0.6) is 0 Å². The lowest BCUT2D eigenvalue weighted by Crippen LogP contribution is -2.43. The van der Waals surface area contributed by atoms with E-state index >= 15 is 0 Å². The van der Waals surface area contributed by atoms with Gasteiger partial charge in [0.1, 0.15) is 0 Å². The van der Waals surface area contributed by atoms with E-state index in [2.05, 4.69) is 51.4 Å². The molecule has 2 aliphatic rings. The Morgan fingerprint density at radius 1 is 1.38 bits per heavy atom. The Labute approximate surface area is 105 Å². The average molecular weight is 281 g/mol. The fourth-order valence-electron chi connectivity index (χ4n) is 2.92. The van der Waals surface area contributed by atoms with Crippen LogP contribution in [0.25, 0.3) is 0 Å². The van der Waals surface area contributed by atoms with Crippen molar-refractivity contribution in [3.05, 3.63) is 22.7 Å². The molecule has 1 saturated carbocycles. The van der Waals surface area contributed by atoms with Crippen molar-refractivity contribution in [2.24, 2.45) is 5.41 Å². The summed E-state index contributed by atoms with van der Waals surface area (Å²) in [5.41, 5.74) is 3.12. The first-order valence-corrected chi connectivity index (χ1v) is 6.72. The number of nitrogens with one attached hydrogen (secondary N) is 1. The zero-order chi connectivity index (χ0) is 11.2. The summed E-state index contributed by atoms with van der Waals surface area (Å²) in [6, 6.07) is 6.50. The molecular weight excluding hydrogens is 264 g/mol. The summed E-state index contributed by atoms with van der Waals surface area (Å²) in [6.45, 7) is 2.31. The van der Waals surface area contributed by atoms with Gasteiger partial charge in [0.2, 0.25) is 0 Å². The Balaban J connectivity index is 1.95. The maximum atomic E-state index is 3.62. The van der Waals surface area contributed by atoms with E-state index in [-0.39, 0.29) is 0 Å². The first-order chi connectivity index (χ1) is 7.69. The SMILES string of the molecule is CN1CC2(CCC2)CNc2cc(Br)ccc21. The molecule has 0 aromatic heterocycles. The number of anilines is 2. The highest BCUT2D eigenvalue weighted by Crippen LogP contribution is 2.45. The van der Waals surface area contributed by atoms with Gasteiger partial charge in [-0.3, -0.25) is 0 Å². The third-order valence-corrected chi connectivity index (χ3v) is 4.50. The molecule has 0 unspecified atom stereocenters. The van der Waals surface area contributed by atoms with Crippen molar-refractivity contribution in [1.29, 1.82) is 0 Å². The van der Waals surface area contributed by atoms with Crippen molar-refractivity contribution >= 4 is 27.3 Å². The summed E-state index contributed by atoms with van der Waals surface area (Å²) in [6.07, 6.45) is 4.15. The second-order valence-electron chi connectivity index (χ2n) is 5.22. The van der Waals surface area contributed by atoms with Crippen LogP contribution >= 0.6 is 15.9 Å². The molecule has 3 rings (SSSR count). The highest BCUT2D eigenvalue weighted by atomic mass is 79.9. The molecule has 16 heavy (non-hydrogen) atoms. The fourth-order valence-corrected chi connectivity index (χ4v) is 3.28. The van der Waals surface area contributed by atoms with E-state index < -0.39 is 0 Å². The first kappa shape index (κ1) is 10.5. The minimum atomic E-state index is 0.528. The van der Waals surface area contributed by atoms with Gasteiger partial charge < -0.3 is 10.2 Å². The molecule has 0 amide bonds. The number of halogens is 1. The first-order valence-electron chi connectivity index (χ1n) is 5.93. The van der Waals surface area contributed by atoms with Gasteiger partial charge in [-0.25, -0.2) is 0 Å². The van der Waals surface area contributed by atoms with E-state index in [0.717, 1.165) is 11.0 Å². The van der Waals surface area contributed by atoms with Crippen LogP contribution in [0.2, 0.25) is 0 Å². The van der Waals surface area contributed by atoms with Crippen LogP contribution in [-0.4, -0.2) is 20.1 Å². The number of hydrogen-bond acceptors (Lipinski definition) is 2. The summed E-state index contributed by atoms with van der Waals surface area (Å²) in [4.78, 5) is 2.40. The van der Waals surface area contributed by atoms with E-state index in [4.69, 9.17) is 0 Å². The molecule has 0 bridgehead atoms. The van der Waals surface area contributed by atoms with E-state index in [1.165, 1.54) is 37.2 Å². The van der Waals surface area contributed by atoms with Gasteiger partial charge in [-0.1, -0.05) is 22.4 Å². The number of fused-ring (bicyclic) bond motifs is 1. The van der Waals surface area contributed by atoms with Crippen LogP contribution in [0.3, 0.4) is 0 Å². The highest BCUT2D eigenvalue weighted by Gasteiger charge is 2.39. The molecular formula is C13H17BrN2. The lowest BCUT2D eigenvalue weighted by molar-refractivity contribution is 0.162. The third-order valence-electron chi connectivity index (χ3n) is 4.01. The number of rotatable bonds is 0. The minimum Gasteiger partial charge on any atom is -0.383 e. The minimum absolute atomic E-state index is 0.528. The van der Waals surface area contributed by atoms with Crippen molar-refractivity contribution in [2.45, 2.75) is 19.3 Å². The summed E-state index contributed by atoms with van der Waals surface area (Å²) >= 11 is 3.54. The Morgan fingerprint density at radius 3 is 2.88 bits per heavy atom. The largest absolute Gasteiger partial charge is 0.383 e. The van der Waals surface area contributed by atoms with Crippen LogP contribution in [0.15, 0.2) is 22.7 Å². The summed E-state index contributed by atoms with van der Waals surface area (Å²) < 4.78 is 1.15. The molecule has 3 heteroatoms. The smallest absolute Gasteiger partial charge is 0.0600 e. The Bertz CT molecular complexity index is 412. The topological polar surface area (TPSA) is 15.3 Å². The monoisotopic (exact) mass is 280 g/mol. The lowest BCUT2D eigenvalue weighted by Gasteiger charge is -2.43. The quantitative estimate of drug-likeness (QED) is 0.783. The predicted molar refractivity (Wildman–Crippen MR) is 72.2 cm³/mol. The second-order valence-corrected chi connectivity index (χ2v) is 6.14. The van der Waals surface area contributed by atoms with Gasteiger partial charge in [-0.15, -0.1) is 0 Å². The van der Waals surface area contributed by atoms with Crippen molar-refractivity contribution in [2.75, 3.05) is 30.4 Å². The maximum absolute atomic E-state index is 3.62. The highest BCUT2D eigenvalue weighted by molar-refractivity contribution is 9.10. The van der Waals surface area contributed by atoms with Gasteiger partial charge in [-0.05, 0) is 31.0 Å². The standard InChI is InChI=1S/C13H17BrN2/c1-16-9-13(5-2-6-13)8-15-11-7-10(14)3-4-12(11)16/h3-4,7,15H,2,5-6,8-9H2,1H3. The van der Waals surface area contributed by atoms with Gasteiger partial charge in [0.15, 0.2) is 0 Å². The van der Waals surface area contributed by atoms with Crippen molar-refractivity contribution < 1.29 is 0 Å². The Morgan fingerprint density at radius 2 is 2.19 bits per heavy atom. The fraction of sp³-hybridized carbons (Fsp3) is 0.538. The Kier molecular flexibility index (Phi) is 2.39. The summed E-state index contributed by atoms with van der Waals surface area (Å²) in [5.74, 6) is 0. The molecule has 1 aliphatic heterocycles. The zero-order valence-electron chi connectivity index (χ0n) is 9.59. The van der Waals surface area contributed by atoms with E-state index in [1.807, 2.05) is 0 Å². The van der Waals surface area contributed by atoms with E-state index in [1.54, 1.807) is 0 Å². The van der Waals surface area contributed by atoms with Crippen molar-refractivity contribution in [3.63, 3.8) is 0 Å². The van der Waals surface area contributed by atoms with Gasteiger partial charge >= 0.3 is 0 Å². The average Bonchev–Trinajstić information content (AvgIpc) is 2.35. The van der Waals surface area contributed by atoms with Crippen LogP contribution in [0, 0.1) is 5.41 Å². The van der Waals surface area contributed by atoms with Gasteiger partial charge in [0.05, 0.1) is 11.4 Å². The van der Waals surface area contributed by atoms with Gasteiger partial charge in [0, 0.05) is 30.0 Å². The van der Waals surface area contributed by atoms with Crippen LogP contribution < -0.4 is 10.2 Å². The molecule has 0 saturated heterocycles. The second kappa shape index (κ2) is 3.66. The van der Waals surface area contributed by atoms with Crippen LogP contribution in [0.1, 0.15) is 19.3 Å². The summed E-state index contributed by atoms with van der Waals surface area (Å²) in [5, 5.41) is 3.62. The van der Waals surface area contributed by atoms with Gasteiger partial charge in [0.25, 0.3) is 0 Å². The molecule has 1 spiro atoms. The normalized spacial score (nSPS) is 22.0. The molecule has 1 aromatic rings. The Hall–Kier alpha value is -0.700. The molecule has 1 heterocycles. The van der Waals surface area contributed by atoms with Crippen molar-refractivity contribution in [3.8, 4) is 0 Å². The third kappa shape index (κ3) is 1.61. The van der Waals surface area contributed by atoms with E-state index in [0.29, 0.717) is 5.41 Å². The van der Waals surface area contributed by atoms with Gasteiger partial charge in [-0.2, -0.15) is 0 Å². The lowest BCUT2D eigenvalue weighted by atomic mass is 9.68. The molecule has 86 valence electrons. The molecule has 1 N–H and O–H groups in total. The van der Waals surface area contributed by atoms with Crippen LogP contribution in [-0.2, 0) is 0 Å². The summed E-state index contributed by atoms with van der Waals surface area (Å²) in [7, 11) is 2.21. The van der Waals surface area contributed by atoms with E-state index in [9.17, 15) is 0 Å². The molecule has 1 aliphatic carbocycles. The number of benzene rings is 1. The molecule has 1 fully saturated rings. The molecule has 0 radical (unpaired) electrons.